The van der Waals surface area contributed by atoms with E-state index in [1.165, 1.54) is 0 Å². The zero-order chi connectivity index (χ0) is 9.94. The molecule has 12 heavy (non-hydrogen) atoms. The van der Waals surface area contributed by atoms with E-state index < -0.39 is 12.1 Å². The molecule has 0 aliphatic rings. The second-order valence-electron chi connectivity index (χ2n) is 2.67. The molecule has 0 spiro atoms. The number of rotatable bonds is 2. The molecule has 0 rings (SSSR count). The fourth-order valence-corrected chi connectivity index (χ4v) is 0.674. The summed E-state index contributed by atoms with van der Waals surface area (Å²) in [5.41, 5.74) is 0. The maximum absolute atomic E-state index is 11.8. The lowest BCUT2D eigenvalue weighted by molar-refractivity contribution is -0.185. The van der Waals surface area contributed by atoms with Crippen molar-refractivity contribution in [2.24, 2.45) is 0 Å². The highest BCUT2D eigenvalue weighted by molar-refractivity contribution is 5.81. The zero-order valence-electron chi connectivity index (χ0n) is 7.27. The molecule has 1 atom stereocenters. The Balaban J connectivity index is 4.30. The summed E-state index contributed by atoms with van der Waals surface area (Å²) in [5, 5.41) is 0. The molecular weight excluding hydrogens is 171 g/mol. The number of amides is 1. The molecular formula is C7H12F3NO. The van der Waals surface area contributed by atoms with Crippen LogP contribution in [-0.4, -0.2) is 30.1 Å². The Morgan fingerprint density at radius 1 is 1.50 bits per heavy atom. The summed E-state index contributed by atoms with van der Waals surface area (Å²) in [6, 6.07) is -0.376. The molecule has 0 N–H and O–H groups in total. The number of carbonyl (C=O) groups excluding carboxylic acids is 1. The van der Waals surface area contributed by atoms with Crippen LogP contribution in [0.15, 0.2) is 0 Å². The van der Waals surface area contributed by atoms with Crippen molar-refractivity contribution in [2.75, 3.05) is 7.05 Å². The second kappa shape index (κ2) is 3.78. The van der Waals surface area contributed by atoms with Crippen LogP contribution in [0.2, 0.25) is 0 Å². The molecule has 0 aromatic carbocycles. The van der Waals surface area contributed by atoms with E-state index in [0.717, 1.165) is 7.05 Å². The smallest absolute Gasteiger partial charge is 0.335 e. The van der Waals surface area contributed by atoms with Crippen molar-refractivity contribution in [3.05, 3.63) is 0 Å². The highest BCUT2D eigenvalue weighted by Crippen LogP contribution is 2.19. The van der Waals surface area contributed by atoms with Gasteiger partial charge in [-0.2, -0.15) is 13.2 Å². The molecule has 2 nitrogen and oxygen atoms in total. The third kappa shape index (κ3) is 2.71. The molecule has 0 aromatic heterocycles. The first-order valence-electron chi connectivity index (χ1n) is 3.64. The minimum absolute atomic E-state index is 0.376. The SMILES string of the molecule is CCC(C)N(C)C(=O)C(F)(F)F. The number of carbonyl (C=O) groups is 1. The standard InChI is InChI=1S/C7H12F3NO/c1-4-5(2)11(3)6(12)7(8,9)10/h5H,4H2,1-3H3. The Kier molecular flexibility index (Phi) is 3.55. The summed E-state index contributed by atoms with van der Waals surface area (Å²) in [6.07, 6.45) is -4.24. The second-order valence-corrected chi connectivity index (χ2v) is 2.67. The predicted molar refractivity (Wildman–Crippen MR) is 38.6 cm³/mol. The van der Waals surface area contributed by atoms with Crippen molar-refractivity contribution >= 4 is 5.91 Å². The Morgan fingerprint density at radius 3 is 2.17 bits per heavy atom. The van der Waals surface area contributed by atoms with Crippen LogP contribution >= 0.6 is 0 Å². The first-order valence-corrected chi connectivity index (χ1v) is 3.64. The molecule has 0 radical (unpaired) electrons. The normalized spacial score (nSPS) is 14.2. The molecule has 0 saturated heterocycles. The van der Waals surface area contributed by atoms with Crippen molar-refractivity contribution in [1.82, 2.24) is 4.90 Å². The fraction of sp³-hybridized carbons (Fsp3) is 0.857. The lowest BCUT2D eigenvalue weighted by Gasteiger charge is -2.24. The molecule has 5 heteroatoms. The van der Waals surface area contributed by atoms with E-state index in [1.807, 2.05) is 0 Å². The summed E-state index contributed by atoms with van der Waals surface area (Å²) in [5.74, 6) is -1.78. The summed E-state index contributed by atoms with van der Waals surface area (Å²) in [7, 11) is 1.16. The van der Waals surface area contributed by atoms with Gasteiger partial charge in [0.25, 0.3) is 0 Å². The first kappa shape index (κ1) is 11.3. The highest BCUT2D eigenvalue weighted by atomic mass is 19.4. The third-order valence-electron chi connectivity index (χ3n) is 1.81. The van der Waals surface area contributed by atoms with Gasteiger partial charge in [-0.3, -0.25) is 4.79 Å². The van der Waals surface area contributed by atoms with Crippen LogP contribution in [0.5, 0.6) is 0 Å². The Labute approximate surface area is 69.3 Å². The topological polar surface area (TPSA) is 20.3 Å². The van der Waals surface area contributed by atoms with Gasteiger partial charge in [0.1, 0.15) is 0 Å². The van der Waals surface area contributed by atoms with Gasteiger partial charge >= 0.3 is 12.1 Å². The average Bonchev–Trinajstić information content (AvgIpc) is 1.98. The lowest BCUT2D eigenvalue weighted by Crippen LogP contribution is -2.43. The van der Waals surface area contributed by atoms with Crippen molar-refractivity contribution < 1.29 is 18.0 Å². The van der Waals surface area contributed by atoms with Crippen LogP contribution in [0.3, 0.4) is 0 Å². The van der Waals surface area contributed by atoms with E-state index in [0.29, 0.717) is 11.3 Å². The number of nitrogens with zero attached hydrogens (tertiary/aromatic N) is 1. The largest absolute Gasteiger partial charge is 0.471 e. The van der Waals surface area contributed by atoms with Crippen LogP contribution in [0.1, 0.15) is 20.3 Å². The van der Waals surface area contributed by atoms with E-state index in [2.05, 4.69) is 0 Å². The highest BCUT2D eigenvalue weighted by Gasteiger charge is 2.42. The molecule has 72 valence electrons. The average molecular weight is 183 g/mol. The molecule has 0 bridgehead atoms. The fourth-order valence-electron chi connectivity index (χ4n) is 0.674. The van der Waals surface area contributed by atoms with Gasteiger partial charge in [-0.15, -0.1) is 0 Å². The molecule has 1 amide bonds. The van der Waals surface area contributed by atoms with Crippen molar-refractivity contribution in [2.45, 2.75) is 32.5 Å². The summed E-state index contributed by atoms with van der Waals surface area (Å²) < 4.78 is 35.4. The van der Waals surface area contributed by atoms with Gasteiger partial charge < -0.3 is 4.90 Å². The minimum atomic E-state index is -4.75. The van der Waals surface area contributed by atoms with Crippen LogP contribution < -0.4 is 0 Å². The van der Waals surface area contributed by atoms with Crippen molar-refractivity contribution in [3.63, 3.8) is 0 Å². The zero-order valence-corrected chi connectivity index (χ0v) is 7.27. The number of hydrogen-bond acceptors (Lipinski definition) is 1. The Bertz CT molecular complexity index is 167. The molecule has 0 fully saturated rings. The molecule has 0 aliphatic heterocycles. The van der Waals surface area contributed by atoms with Gasteiger partial charge in [0, 0.05) is 13.1 Å². The van der Waals surface area contributed by atoms with Gasteiger partial charge in [0.05, 0.1) is 0 Å². The monoisotopic (exact) mass is 183 g/mol. The summed E-state index contributed by atoms with van der Waals surface area (Å²) in [4.78, 5) is 11.3. The van der Waals surface area contributed by atoms with E-state index in [9.17, 15) is 18.0 Å². The van der Waals surface area contributed by atoms with E-state index in [-0.39, 0.29) is 6.04 Å². The van der Waals surface area contributed by atoms with Crippen LogP contribution in [0, 0.1) is 0 Å². The van der Waals surface area contributed by atoms with Gasteiger partial charge in [0.2, 0.25) is 0 Å². The number of alkyl halides is 3. The molecule has 0 aromatic rings. The van der Waals surface area contributed by atoms with Crippen molar-refractivity contribution in [3.8, 4) is 0 Å². The van der Waals surface area contributed by atoms with E-state index >= 15 is 0 Å². The van der Waals surface area contributed by atoms with Gasteiger partial charge in [0.15, 0.2) is 0 Å². The Hall–Kier alpha value is -0.740. The van der Waals surface area contributed by atoms with Crippen LogP contribution in [0.25, 0.3) is 0 Å². The van der Waals surface area contributed by atoms with Gasteiger partial charge in [-0.05, 0) is 13.3 Å². The van der Waals surface area contributed by atoms with E-state index in [1.54, 1.807) is 13.8 Å². The number of halogens is 3. The summed E-state index contributed by atoms with van der Waals surface area (Å²) in [6.45, 7) is 3.30. The maximum atomic E-state index is 11.8. The molecule has 1 unspecified atom stereocenters. The van der Waals surface area contributed by atoms with Gasteiger partial charge in [-0.1, -0.05) is 6.92 Å². The minimum Gasteiger partial charge on any atom is -0.335 e. The first-order chi connectivity index (χ1) is 5.30. The predicted octanol–water partition coefficient (Wildman–Crippen LogP) is 1.81. The quantitative estimate of drug-likeness (QED) is 0.639. The molecule has 0 heterocycles. The maximum Gasteiger partial charge on any atom is 0.471 e. The lowest BCUT2D eigenvalue weighted by atomic mass is 10.2. The van der Waals surface area contributed by atoms with E-state index in [4.69, 9.17) is 0 Å². The number of hydrogen-bond donors (Lipinski definition) is 0. The molecule has 0 saturated carbocycles. The third-order valence-corrected chi connectivity index (χ3v) is 1.81. The molecule has 0 aliphatic carbocycles. The van der Waals surface area contributed by atoms with Gasteiger partial charge in [-0.25, -0.2) is 0 Å². The van der Waals surface area contributed by atoms with Crippen molar-refractivity contribution in [1.29, 1.82) is 0 Å². The summed E-state index contributed by atoms with van der Waals surface area (Å²) >= 11 is 0. The van der Waals surface area contributed by atoms with Crippen LogP contribution in [-0.2, 0) is 4.79 Å². The van der Waals surface area contributed by atoms with Crippen LogP contribution in [0.4, 0.5) is 13.2 Å². The Morgan fingerprint density at radius 2 is 1.92 bits per heavy atom.